The molecule has 0 bridgehead atoms. The summed E-state index contributed by atoms with van der Waals surface area (Å²) in [6.07, 6.45) is 4.36. The van der Waals surface area contributed by atoms with E-state index in [1.54, 1.807) is 0 Å². The average Bonchev–Trinajstić information content (AvgIpc) is 2.95. The Morgan fingerprint density at radius 1 is 1.32 bits per heavy atom. The number of likely N-dealkylation sites (N-methyl/N-ethyl adjacent to an activating group) is 1. The summed E-state index contributed by atoms with van der Waals surface area (Å²) in [4.78, 5) is 2.63. The highest BCUT2D eigenvalue weighted by molar-refractivity contribution is 5.19. The highest BCUT2D eigenvalue weighted by Gasteiger charge is 2.36. The Bertz CT molecular complexity index is 395. The second-order valence-electron chi connectivity index (χ2n) is 5.65. The van der Waals surface area contributed by atoms with E-state index in [-0.39, 0.29) is 0 Å². The fourth-order valence-corrected chi connectivity index (χ4v) is 3.52. The van der Waals surface area contributed by atoms with E-state index in [1.807, 2.05) is 0 Å². The van der Waals surface area contributed by atoms with Crippen molar-refractivity contribution in [1.29, 1.82) is 0 Å². The van der Waals surface area contributed by atoms with E-state index in [0.29, 0.717) is 18.2 Å². The topological polar surface area (TPSA) is 24.5 Å². The SMILES string of the molecule is CNC(CN1CCOC2CCCC21)c1ccccc1. The smallest absolute Gasteiger partial charge is 0.0730 e. The second kappa shape index (κ2) is 6.04. The maximum atomic E-state index is 5.89. The van der Waals surface area contributed by atoms with Gasteiger partial charge in [0.2, 0.25) is 0 Å². The molecule has 1 saturated heterocycles. The predicted molar refractivity (Wildman–Crippen MR) is 77.2 cm³/mol. The van der Waals surface area contributed by atoms with Gasteiger partial charge < -0.3 is 10.1 Å². The summed E-state index contributed by atoms with van der Waals surface area (Å²) in [5, 5.41) is 3.46. The molecular formula is C16H24N2O. The summed E-state index contributed by atoms with van der Waals surface area (Å²) in [5.74, 6) is 0. The summed E-state index contributed by atoms with van der Waals surface area (Å²) in [6.45, 7) is 3.06. The molecule has 0 aromatic heterocycles. The molecule has 2 aliphatic rings. The molecule has 1 heterocycles. The number of ether oxygens (including phenoxy) is 1. The van der Waals surface area contributed by atoms with E-state index >= 15 is 0 Å². The van der Waals surface area contributed by atoms with Gasteiger partial charge in [0, 0.05) is 25.2 Å². The molecule has 3 nitrogen and oxygen atoms in total. The van der Waals surface area contributed by atoms with Gasteiger partial charge in [0.05, 0.1) is 12.7 Å². The predicted octanol–water partition coefficient (Wildman–Crippen LogP) is 2.20. The Kier molecular flexibility index (Phi) is 4.16. The number of nitrogens with one attached hydrogen (secondary N) is 1. The lowest BCUT2D eigenvalue weighted by Crippen LogP contribution is -2.50. The molecule has 19 heavy (non-hydrogen) atoms. The normalized spacial score (nSPS) is 29.1. The number of rotatable bonds is 4. The van der Waals surface area contributed by atoms with Crippen LogP contribution in [0.4, 0.5) is 0 Å². The summed E-state index contributed by atoms with van der Waals surface area (Å²) in [5.41, 5.74) is 1.38. The molecule has 1 N–H and O–H groups in total. The van der Waals surface area contributed by atoms with E-state index in [1.165, 1.54) is 24.8 Å². The zero-order valence-corrected chi connectivity index (χ0v) is 11.7. The van der Waals surface area contributed by atoms with Crippen molar-refractivity contribution in [2.75, 3.05) is 26.7 Å². The first kappa shape index (κ1) is 13.1. The van der Waals surface area contributed by atoms with Crippen molar-refractivity contribution in [1.82, 2.24) is 10.2 Å². The van der Waals surface area contributed by atoms with E-state index < -0.39 is 0 Å². The molecule has 104 valence electrons. The fraction of sp³-hybridized carbons (Fsp3) is 0.625. The van der Waals surface area contributed by atoms with Crippen molar-refractivity contribution in [3.05, 3.63) is 35.9 Å². The Labute approximate surface area is 115 Å². The third-order valence-electron chi connectivity index (χ3n) is 4.56. The minimum absolute atomic E-state index is 0.417. The zero-order valence-electron chi connectivity index (χ0n) is 11.7. The molecule has 1 aromatic rings. The van der Waals surface area contributed by atoms with Crippen LogP contribution in [0.2, 0.25) is 0 Å². The monoisotopic (exact) mass is 260 g/mol. The van der Waals surface area contributed by atoms with Crippen LogP contribution in [0.15, 0.2) is 30.3 Å². The second-order valence-corrected chi connectivity index (χ2v) is 5.65. The van der Waals surface area contributed by atoms with Crippen LogP contribution in [0.1, 0.15) is 30.9 Å². The largest absolute Gasteiger partial charge is 0.375 e. The molecule has 0 radical (unpaired) electrons. The quantitative estimate of drug-likeness (QED) is 0.898. The minimum Gasteiger partial charge on any atom is -0.375 e. The molecule has 1 aliphatic carbocycles. The van der Waals surface area contributed by atoms with E-state index in [9.17, 15) is 0 Å². The molecule has 1 aromatic carbocycles. The van der Waals surface area contributed by atoms with Crippen molar-refractivity contribution in [3.8, 4) is 0 Å². The lowest BCUT2D eigenvalue weighted by atomic mass is 10.0. The maximum absolute atomic E-state index is 5.89. The first-order valence-electron chi connectivity index (χ1n) is 7.46. The first-order valence-corrected chi connectivity index (χ1v) is 7.46. The van der Waals surface area contributed by atoms with Crippen LogP contribution in [0.3, 0.4) is 0 Å². The van der Waals surface area contributed by atoms with Crippen molar-refractivity contribution < 1.29 is 4.74 Å². The van der Waals surface area contributed by atoms with Gasteiger partial charge >= 0.3 is 0 Å². The molecule has 1 aliphatic heterocycles. The maximum Gasteiger partial charge on any atom is 0.0730 e. The number of benzene rings is 1. The minimum atomic E-state index is 0.417. The number of hydrogen-bond donors (Lipinski definition) is 1. The van der Waals surface area contributed by atoms with Gasteiger partial charge in [-0.05, 0) is 31.9 Å². The van der Waals surface area contributed by atoms with E-state index in [0.717, 1.165) is 19.7 Å². The zero-order chi connectivity index (χ0) is 13.1. The van der Waals surface area contributed by atoms with Crippen molar-refractivity contribution >= 4 is 0 Å². The summed E-state index contributed by atoms with van der Waals surface area (Å²) in [7, 11) is 2.06. The Hall–Kier alpha value is -0.900. The van der Waals surface area contributed by atoms with Gasteiger partial charge in [-0.1, -0.05) is 30.3 Å². The van der Waals surface area contributed by atoms with Crippen LogP contribution >= 0.6 is 0 Å². The molecule has 1 saturated carbocycles. The Balaban J connectivity index is 1.68. The van der Waals surface area contributed by atoms with E-state index in [4.69, 9.17) is 4.74 Å². The van der Waals surface area contributed by atoms with Crippen LogP contribution in [-0.4, -0.2) is 43.8 Å². The summed E-state index contributed by atoms with van der Waals surface area (Å²) < 4.78 is 5.89. The molecule has 3 atom stereocenters. The van der Waals surface area contributed by atoms with Gasteiger partial charge in [0.15, 0.2) is 0 Å². The summed E-state index contributed by atoms with van der Waals surface area (Å²) >= 11 is 0. The number of hydrogen-bond acceptors (Lipinski definition) is 3. The Morgan fingerprint density at radius 2 is 2.16 bits per heavy atom. The molecule has 0 spiro atoms. The van der Waals surface area contributed by atoms with Gasteiger partial charge in [-0.2, -0.15) is 0 Å². The molecular weight excluding hydrogens is 236 g/mol. The average molecular weight is 260 g/mol. The summed E-state index contributed by atoms with van der Waals surface area (Å²) in [6, 6.07) is 11.8. The van der Waals surface area contributed by atoms with Gasteiger partial charge in [-0.25, -0.2) is 0 Å². The van der Waals surface area contributed by atoms with Crippen LogP contribution in [-0.2, 0) is 4.74 Å². The number of nitrogens with zero attached hydrogens (tertiary/aromatic N) is 1. The van der Waals surface area contributed by atoms with Gasteiger partial charge in [-0.3, -0.25) is 4.90 Å². The number of fused-ring (bicyclic) bond motifs is 1. The van der Waals surface area contributed by atoms with Gasteiger partial charge in [0.1, 0.15) is 0 Å². The number of morpholine rings is 1. The van der Waals surface area contributed by atoms with Crippen LogP contribution < -0.4 is 5.32 Å². The Morgan fingerprint density at radius 3 is 2.95 bits per heavy atom. The molecule has 2 fully saturated rings. The third kappa shape index (κ3) is 2.83. The van der Waals surface area contributed by atoms with Crippen molar-refractivity contribution in [3.63, 3.8) is 0 Å². The standard InChI is InChI=1S/C16H24N2O/c1-17-14(13-6-3-2-4-7-13)12-18-10-11-19-16-9-5-8-15(16)18/h2-4,6-7,14-17H,5,8-12H2,1H3. The third-order valence-corrected chi connectivity index (χ3v) is 4.56. The van der Waals surface area contributed by atoms with Crippen LogP contribution in [0, 0.1) is 0 Å². The van der Waals surface area contributed by atoms with Crippen molar-refractivity contribution in [2.24, 2.45) is 0 Å². The molecule has 0 amide bonds. The van der Waals surface area contributed by atoms with Crippen molar-refractivity contribution in [2.45, 2.75) is 37.5 Å². The van der Waals surface area contributed by atoms with Gasteiger partial charge in [0.25, 0.3) is 0 Å². The van der Waals surface area contributed by atoms with Crippen LogP contribution in [0.25, 0.3) is 0 Å². The lowest BCUT2D eigenvalue weighted by molar-refractivity contribution is -0.0580. The highest BCUT2D eigenvalue weighted by Crippen LogP contribution is 2.30. The van der Waals surface area contributed by atoms with Gasteiger partial charge in [-0.15, -0.1) is 0 Å². The molecule has 3 rings (SSSR count). The highest BCUT2D eigenvalue weighted by atomic mass is 16.5. The molecule has 3 unspecified atom stereocenters. The van der Waals surface area contributed by atoms with Crippen LogP contribution in [0.5, 0.6) is 0 Å². The first-order chi connectivity index (χ1) is 9.38. The van der Waals surface area contributed by atoms with E-state index in [2.05, 4.69) is 47.6 Å². The lowest BCUT2D eigenvalue weighted by Gasteiger charge is -2.39. The molecule has 3 heteroatoms. The fourth-order valence-electron chi connectivity index (χ4n) is 3.52.